The van der Waals surface area contributed by atoms with Gasteiger partial charge in [0.2, 0.25) is 15.0 Å². The fourth-order valence-corrected chi connectivity index (χ4v) is 6.36. The number of nitrogens with zero attached hydrogens (tertiary/aromatic N) is 3. The van der Waals surface area contributed by atoms with Crippen molar-refractivity contribution < 1.29 is 8.42 Å². The summed E-state index contributed by atoms with van der Waals surface area (Å²) in [6.07, 6.45) is 1.39. The van der Waals surface area contributed by atoms with Gasteiger partial charge in [-0.15, -0.1) is 39.1 Å². The maximum absolute atomic E-state index is 12.4. The minimum absolute atomic E-state index is 0.321. The third-order valence-electron chi connectivity index (χ3n) is 3.81. The summed E-state index contributed by atoms with van der Waals surface area (Å²) >= 11 is 4.43. The summed E-state index contributed by atoms with van der Waals surface area (Å²) in [5.41, 5.74) is 0.948. The van der Waals surface area contributed by atoms with E-state index < -0.39 is 10.0 Å². The molecule has 0 spiro atoms. The molecular weight excluding hydrogens is 408 g/mol. The molecule has 0 bridgehead atoms. The number of hydrogen-bond acceptors (Lipinski definition) is 7. The molecule has 0 aliphatic carbocycles. The topological polar surface area (TPSA) is 76.4 Å². The molecule has 6 nitrogen and oxygen atoms in total. The minimum Gasteiger partial charge on any atom is -0.210 e. The van der Waals surface area contributed by atoms with Crippen LogP contribution in [0.3, 0.4) is 0 Å². The van der Waals surface area contributed by atoms with Gasteiger partial charge >= 0.3 is 0 Å². The second-order valence-corrected chi connectivity index (χ2v) is 10.5. The smallest absolute Gasteiger partial charge is 0.210 e. The quantitative estimate of drug-likeness (QED) is 0.491. The Morgan fingerprint density at radius 3 is 2.85 bits per heavy atom. The molecule has 4 heterocycles. The van der Waals surface area contributed by atoms with Crippen LogP contribution in [0, 0.1) is 0 Å². The van der Waals surface area contributed by atoms with Crippen molar-refractivity contribution in [3.05, 3.63) is 45.6 Å². The van der Waals surface area contributed by atoms with E-state index in [0.717, 1.165) is 26.8 Å². The van der Waals surface area contributed by atoms with Crippen LogP contribution in [0.15, 0.2) is 39.2 Å². The average molecular weight is 425 g/mol. The van der Waals surface area contributed by atoms with Crippen molar-refractivity contribution in [3.63, 3.8) is 0 Å². The number of thiophene rings is 2. The molecule has 0 amide bonds. The van der Waals surface area contributed by atoms with Gasteiger partial charge in [-0.2, -0.15) is 4.98 Å². The second-order valence-electron chi connectivity index (χ2n) is 5.56. The van der Waals surface area contributed by atoms with Crippen molar-refractivity contribution in [3.8, 4) is 10.7 Å². The van der Waals surface area contributed by atoms with E-state index in [0.29, 0.717) is 23.0 Å². The highest BCUT2D eigenvalue weighted by atomic mass is 32.2. The Labute approximate surface area is 163 Å². The highest BCUT2D eigenvalue weighted by molar-refractivity contribution is 7.91. The van der Waals surface area contributed by atoms with E-state index in [1.165, 1.54) is 22.7 Å². The third-order valence-corrected chi connectivity index (χ3v) is 8.73. The number of sulfonamides is 1. The monoisotopic (exact) mass is 424 g/mol. The summed E-state index contributed by atoms with van der Waals surface area (Å²) in [5, 5.41) is 8.52. The second kappa shape index (κ2) is 7.20. The number of fused-ring (bicyclic) bond motifs is 1. The Morgan fingerprint density at radius 1 is 1.23 bits per heavy atom. The van der Waals surface area contributed by atoms with Gasteiger partial charge in [0.05, 0.1) is 10.6 Å². The molecule has 0 unspecified atom stereocenters. The van der Waals surface area contributed by atoms with Gasteiger partial charge in [0, 0.05) is 23.2 Å². The first kappa shape index (κ1) is 17.8. The molecule has 26 heavy (non-hydrogen) atoms. The molecule has 0 radical (unpaired) electrons. The van der Waals surface area contributed by atoms with Gasteiger partial charge < -0.3 is 0 Å². The standard InChI is InChI=1S/C16H16N4O2S4/c1-2-12-5-6-14(25-12)26(21,22)17-8-7-11-10-24-16-18-15(19-20(11)16)13-4-3-9-23-13/h3-6,9-10,17H,2,7-8H2,1H3. The predicted molar refractivity (Wildman–Crippen MR) is 107 cm³/mol. The number of aryl methyl sites for hydroxylation is 1. The largest absolute Gasteiger partial charge is 0.250 e. The lowest BCUT2D eigenvalue weighted by molar-refractivity contribution is 0.583. The van der Waals surface area contributed by atoms with Crippen molar-refractivity contribution in [1.29, 1.82) is 0 Å². The summed E-state index contributed by atoms with van der Waals surface area (Å²) in [6.45, 7) is 2.34. The van der Waals surface area contributed by atoms with Gasteiger partial charge in [-0.25, -0.2) is 17.7 Å². The highest BCUT2D eigenvalue weighted by Crippen LogP contribution is 2.25. The highest BCUT2D eigenvalue weighted by Gasteiger charge is 2.17. The van der Waals surface area contributed by atoms with E-state index in [2.05, 4.69) is 14.8 Å². The molecule has 0 aliphatic heterocycles. The van der Waals surface area contributed by atoms with Crippen molar-refractivity contribution in [2.45, 2.75) is 24.0 Å². The van der Waals surface area contributed by atoms with E-state index >= 15 is 0 Å². The van der Waals surface area contributed by atoms with Crippen LogP contribution in [0.25, 0.3) is 15.7 Å². The molecule has 1 N–H and O–H groups in total. The first-order chi connectivity index (χ1) is 12.6. The van der Waals surface area contributed by atoms with Gasteiger partial charge in [-0.05, 0) is 30.0 Å². The van der Waals surface area contributed by atoms with Gasteiger partial charge in [-0.1, -0.05) is 13.0 Å². The van der Waals surface area contributed by atoms with Crippen molar-refractivity contribution in [1.82, 2.24) is 19.3 Å². The Kier molecular flexibility index (Phi) is 4.93. The Bertz CT molecular complexity index is 1120. The predicted octanol–water partition coefficient (Wildman–Crippen LogP) is 3.66. The van der Waals surface area contributed by atoms with Gasteiger partial charge in [0.1, 0.15) is 4.21 Å². The minimum atomic E-state index is -3.46. The maximum Gasteiger partial charge on any atom is 0.250 e. The molecule has 4 rings (SSSR count). The van der Waals surface area contributed by atoms with Gasteiger partial charge in [0.15, 0.2) is 5.82 Å². The maximum atomic E-state index is 12.4. The normalized spacial score (nSPS) is 12.2. The lowest BCUT2D eigenvalue weighted by Crippen LogP contribution is -2.25. The molecule has 136 valence electrons. The number of rotatable bonds is 7. The number of thiazole rings is 1. The fourth-order valence-electron chi connectivity index (χ4n) is 2.48. The fraction of sp³-hybridized carbons (Fsp3) is 0.250. The van der Waals surface area contributed by atoms with E-state index in [4.69, 9.17) is 0 Å². The molecule has 4 aromatic rings. The van der Waals surface area contributed by atoms with Crippen molar-refractivity contribution in [2.24, 2.45) is 0 Å². The van der Waals surface area contributed by atoms with Crippen LogP contribution in [0.1, 0.15) is 17.5 Å². The molecule has 0 aliphatic rings. The first-order valence-corrected chi connectivity index (χ1v) is 12.1. The van der Waals surface area contributed by atoms with Crippen LogP contribution in [0.4, 0.5) is 0 Å². The van der Waals surface area contributed by atoms with Crippen LogP contribution < -0.4 is 4.72 Å². The Hall–Kier alpha value is -1.59. The van der Waals surface area contributed by atoms with Crippen molar-refractivity contribution >= 4 is 49.0 Å². The third kappa shape index (κ3) is 3.47. The zero-order valence-corrected chi connectivity index (χ0v) is 17.1. The van der Waals surface area contributed by atoms with Crippen LogP contribution >= 0.6 is 34.0 Å². The van der Waals surface area contributed by atoms with E-state index in [1.54, 1.807) is 21.9 Å². The molecule has 0 saturated carbocycles. The summed E-state index contributed by atoms with van der Waals surface area (Å²) in [5.74, 6) is 0.708. The summed E-state index contributed by atoms with van der Waals surface area (Å²) < 4.78 is 29.6. The van der Waals surface area contributed by atoms with Gasteiger partial charge in [-0.3, -0.25) is 0 Å². The molecule has 0 fully saturated rings. The summed E-state index contributed by atoms with van der Waals surface area (Å²) in [6, 6.07) is 7.49. The molecule has 10 heteroatoms. The van der Waals surface area contributed by atoms with Gasteiger partial charge in [0.25, 0.3) is 0 Å². The zero-order valence-electron chi connectivity index (χ0n) is 13.9. The Morgan fingerprint density at radius 2 is 2.12 bits per heavy atom. The lowest BCUT2D eigenvalue weighted by atomic mass is 10.3. The first-order valence-electron chi connectivity index (χ1n) is 8.02. The molecule has 0 atom stereocenters. The SMILES string of the molecule is CCc1ccc(S(=O)(=O)NCCc2csc3nc(-c4cccs4)nn23)s1. The summed E-state index contributed by atoms with van der Waals surface area (Å²) in [7, 11) is -3.46. The average Bonchev–Trinajstić information content (AvgIpc) is 3.38. The molecule has 0 aromatic carbocycles. The van der Waals surface area contributed by atoms with E-state index in [-0.39, 0.29) is 0 Å². The van der Waals surface area contributed by atoms with Crippen LogP contribution in [0.2, 0.25) is 0 Å². The van der Waals surface area contributed by atoms with Crippen LogP contribution in [-0.4, -0.2) is 29.6 Å². The number of aromatic nitrogens is 3. The van der Waals surface area contributed by atoms with E-state index in [1.807, 2.05) is 35.9 Å². The lowest BCUT2D eigenvalue weighted by Gasteiger charge is -2.04. The molecule has 4 aromatic heterocycles. The van der Waals surface area contributed by atoms with Crippen molar-refractivity contribution in [2.75, 3.05) is 6.54 Å². The Balaban J connectivity index is 1.46. The molecule has 0 saturated heterocycles. The number of nitrogens with one attached hydrogen (secondary N) is 1. The van der Waals surface area contributed by atoms with Crippen LogP contribution in [-0.2, 0) is 22.9 Å². The van der Waals surface area contributed by atoms with Crippen LogP contribution in [0.5, 0.6) is 0 Å². The zero-order chi connectivity index (χ0) is 18.1. The molecular formula is C16H16N4O2S4. The van der Waals surface area contributed by atoms with E-state index in [9.17, 15) is 8.42 Å². The number of hydrogen-bond donors (Lipinski definition) is 1. The summed E-state index contributed by atoms with van der Waals surface area (Å²) in [4.78, 5) is 7.44.